The standard InChI is InChI=1S/C15H17NO3/c1-10-5-4-6-12-14(10)16(8-7-13(17)19-3)9-11(2)15(12)18/h4-6,9H,7-8H2,1-3H3. The summed E-state index contributed by atoms with van der Waals surface area (Å²) >= 11 is 0. The topological polar surface area (TPSA) is 48.3 Å². The van der Waals surface area contributed by atoms with Crippen molar-refractivity contribution in [1.29, 1.82) is 0 Å². The number of fused-ring (bicyclic) bond motifs is 1. The lowest BCUT2D eigenvalue weighted by atomic mass is 10.1. The van der Waals surface area contributed by atoms with Crippen LogP contribution in [-0.4, -0.2) is 17.6 Å². The number of ether oxygens (including phenoxy) is 1. The first-order chi connectivity index (χ1) is 9.04. The third kappa shape index (κ3) is 2.52. The molecule has 1 heterocycles. The highest BCUT2D eigenvalue weighted by molar-refractivity contribution is 5.82. The minimum absolute atomic E-state index is 0.0491. The van der Waals surface area contributed by atoms with Crippen molar-refractivity contribution in [2.45, 2.75) is 26.8 Å². The van der Waals surface area contributed by atoms with Crippen LogP contribution in [0.15, 0.2) is 29.2 Å². The van der Waals surface area contributed by atoms with Crippen LogP contribution in [0.4, 0.5) is 0 Å². The maximum atomic E-state index is 12.1. The van der Waals surface area contributed by atoms with E-state index in [0.717, 1.165) is 11.1 Å². The fourth-order valence-corrected chi connectivity index (χ4v) is 2.28. The number of para-hydroxylation sites is 1. The smallest absolute Gasteiger partial charge is 0.307 e. The Morgan fingerprint density at radius 3 is 2.68 bits per heavy atom. The number of carbonyl (C=O) groups excluding carboxylic acids is 1. The molecule has 0 amide bonds. The summed E-state index contributed by atoms with van der Waals surface area (Å²) in [6.07, 6.45) is 2.10. The van der Waals surface area contributed by atoms with E-state index >= 15 is 0 Å². The summed E-state index contributed by atoms with van der Waals surface area (Å²) in [7, 11) is 1.38. The zero-order valence-electron chi connectivity index (χ0n) is 11.4. The second-order valence-electron chi connectivity index (χ2n) is 4.63. The lowest BCUT2D eigenvalue weighted by Gasteiger charge is -2.13. The van der Waals surface area contributed by atoms with E-state index in [1.165, 1.54) is 7.11 Å². The third-order valence-corrected chi connectivity index (χ3v) is 3.26. The van der Waals surface area contributed by atoms with Gasteiger partial charge in [-0.2, -0.15) is 0 Å². The van der Waals surface area contributed by atoms with Crippen molar-refractivity contribution >= 4 is 16.9 Å². The average molecular weight is 259 g/mol. The van der Waals surface area contributed by atoms with Crippen LogP contribution in [-0.2, 0) is 16.1 Å². The van der Waals surface area contributed by atoms with Gasteiger partial charge in [0.15, 0.2) is 5.43 Å². The Hall–Kier alpha value is -2.10. The van der Waals surface area contributed by atoms with Crippen molar-refractivity contribution in [2.75, 3.05) is 7.11 Å². The summed E-state index contributed by atoms with van der Waals surface area (Å²) < 4.78 is 6.61. The Balaban J connectivity index is 2.57. The first-order valence-corrected chi connectivity index (χ1v) is 6.20. The van der Waals surface area contributed by atoms with Gasteiger partial charge in [-0.25, -0.2) is 0 Å². The van der Waals surface area contributed by atoms with Crippen LogP contribution >= 0.6 is 0 Å². The first kappa shape index (κ1) is 13.3. The molecule has 2 aromatic rings. The number of aryl methyl sites for hydroxylation is 3. The number of pyridine rings is 1. The van der Waals surface area contributed by atoms with Gasteiger partial charge in [0.2, 0.25) is 0 Å². The molecule has 1 aromatic carbocycles. The predicted octanol–water partition coefficient (Wildman–Crippen LogP) is 2.18. The Morgan fingerprint density at radius 2 is 2.00 bits per heavy atom. The summed E-state index contributed by atoms with van der Waals surface area (Å²) in [6.45, 7) is 4.26. The molecule has 0 N–H and O–H groups in total. The Morgan fingerprint density at radius 1 is 1.26 bits per heavy atom. The Bertz CT molecular complexity index is 686. The Labute approximate surface area is 111 Å². The zero-order chi connectivity index (χ0) is 14.0. The van der Waals surface area contributed by atoms with Gasteiger partial charge in [0.05, 0.1) is 19.0 Å². The molecular weight excluding hydrogens is 242 g/mol. The van der Waals surface area contributed by atoms with Crippen molar-refractivity contribution in [3.63, 3.8) is 0 Å². The fraction of sp³-hybridized carbons (Fsp3) is 0.333. The van der Waals surface area contributed by atoms with E-state index in [0.29, 0.717) is 23.9 Å². The van der Waals surface area contributed by atoms with Crippen molar-refractivity contribution in [3.05, 3.63) is 45.7 Å². The average Bonchev–Trinajstić information content (AvgIpc) is 2.41. The highest BCUT2D eigenvalue weighted by Gasteiger charge is 2.09. The van der Waals surface area contributed by atoms with Crippen LogP contribution < -0.4 is 5.43 Å². The first-order valence-electron chi connectivity index (χ1n) is 6.20. The van der Waals surface area contributed by atoms with Crippen molar-refractivity contribution in [1.82, 2.24) is 4.57 Å². The molecule has 0 saturated heterocycles. The molecule has 100 valence electrons. The summed E-state index contributed by atoms with van der Waals surface area (Å²) in [5.41, 5.74) is 2.65. The molecule has 0 spiro atoms. The molecule has 0 unspecified atom stereocenters. The van der Waals surface area contributed by atoms with Crippen molar-refractivity contribution in [2.24, 2.45) is 0 Å². The molecule has 0 atom stereocenters. The number of aromatic nitrogens is 1. The van der Waals surface area contributed by atoms with Crippen LogP contribution in [0, 0.1) is 13.8 Å². The number of benzene rings is 1. The van der Waals surface area contributed by atoms with Gasteiger partial charge in [-0.15, -0.1) is 0 Å². The van der Waals surface area contributed by atoms with Gasteiger partial charge in [-0.1, -0.05) is 12.1 Å². The second kappa shape index (κ2) is 5.26. The number of hydrogen-bond donors (Lipinski definition) is 0. The second-order valence-corrected chi connectivity index (χ2v) is 4.63. The SMILES string of the molecule is COC(=O)CCn1cc(C)c(=O)c2cccc(C)c21. The minimum atomic E-state index is -0.252. The van der Waals surface area contributed by atoms with Crippen LogP contribution in [0.25, 0.3) is 10.9 Å². The quantitative estimate of drug-likeness (QED) is 0.794. The van der Waals surface area contributed by atoms with Gasteiger partial charge in [0.1, 0.15) is 0 Å². The number of methoxy groups -OCH3 is 1. The van der Waals surface area contributed by atoms with E-state index in [2.05, 4.69) is 4.74 Å². The third-order valence-electron chi connectivity index (χ3n) is 3.26. The molecule has 0 aliphatic heterocycles. The van der Waals surface area contributed by atoms with Crippen LogP contribution in [0.2, 0.25) is 0 Å². The summed E-state index contributed by atoms with van der Waals surface area (Å²) in [5, 5.41) is 0.699. The number of nitrogens with zero attached hydrogens (tertiary/aromatic N) is 1. The molecule has 0 aliphatic carbocycles. The van der Waals surface area contributed by atoms with Crippen LogP contribution in [0.1, 0.15) is 17.5 Å². The summed E-state index contributed by atoms with van der Waals surface area (Å²) in [4.78, 5) is 23.4. The maximum absolute atomic E-state index is 12.1. The molecule has 0 saturated carbocycles. The highest BCUT2D eigenvalue weighted by Crippen LogP contribution is 2.16. The van der Waals surface area contributed by atoms with E-state index in [9.17, 15) is 9.59 Å². The van der Waals surface area contributed by atoms with E-state index in [-0.39, 0.29) is 11.4 Å². The lowest BCUT2D eigenvalue weighted by Crippen LogP contribution is -2.15. The minimum Gasteiger partial charge on any atom is -0.469 e. The largest absolute Gasteiger partial charge is 0.469 e. The van der Waals surface area contributed by atoms with E-state index in [4.69, 9.17) is 0 Å². The molecule has 1 aromatic heterocycles. The summed E-state index contributed by atoms with van der Waals surface area (Å²) in [6, 6.07) is 5.67. The van der Waals surface area contributed by atoms with E-state index in [1.807, 2.05) is 29.7 Å². The van der Waals surface area contributed by atoms with Gasteiger partial charge in [-0.3, -0.25) is 9.59 Å². The number of rotatable bonds is 3. The predicted molar refractivity (Wildman–Crippen MR) is 74.3 cm³/mol. The molecule has 4 nitrogen and oxygen atoms in total. The molecule has 0 radical (unpaired) electrons. The molecule has 0 bridgehead atoms. The lowest BCUT2D eigenvalue weighted by molar-refractivity contribution is -0.140. The van der Waals surface area contributed by atoms with Crippen LogP contribution in [0.5, 0.6) is 0 Å². The molecule has 4 heteroatoms. The van der Waals surface area contributed by atoms with Gasteiger partial charge >= 0.3 is 5.97 Å². The molecule has 2 rings (SSSR count). The molecule has 19 heavy (non-hydrogen) atoms. The normalized spacial score (nSPS) is 10.7. The number of hydrogen-bond acceptors (Lipinski definition) is 3. The highest BCUT2D eigenvalue weighted by atomic mass is 16.5. The van der Waals surface area contributed by atoms with E-state index in [1.54, 1.807) is 13.1 Å². The maximum Gasteiger partial charge on any atom is 0.307 e. The number of esters is 1. The molecule has 0 aliphatic rings. The van der Waals surface area contributed by atoms with Gasteiger partial charge in [0.25, 0.3) is 0 Å². The molecule has 0 fully saturated rings. The van der Waals surface area contributed by atoms with Gasteiger partial charge < -0.3 is 9.30 Å². The fourth-order valence-electron chi connectivity index (χ4n) is 2.28. The van der Waals surface area contributed by atoms with Crippen LogP contribution in [0.3, 0.4) is 0 Å². The monoisotopic (exact) mass is 259 g/mol. The molecular formula is C15H17NO3. The van der Waals surface area contributed by atoms with Gasteiger partial charge in [0, 0.05) is 23.7 Å². The van der Waals surface area contributed by atoms with Crippen molar-refractivity contribution in [3.8, 4) is 0 Å². The van der Waals surface area contributed by atoms with Crippen molar-refractivity contribution < 1.29 is 9.53 Å². The number of carbonyl (C=O) groups is 1. The van der Waals surface area contributed by atoms with Gasteiger partial charge in [-0.05, 0) is 25.5 Å². The Kier molecular flexibility index (Phi) is 3.69. The van der Waals surface area contributed by atoms with E-state index < -0.39 is 0 Å². The zero-order valence-corrected chi connectivity index (χ0v) is 11.4. The summed E-state index contributed by atoms with van der Waals surface area (Å²) in [5.74, 6) is -0.252.